The fourth-order valence-corrected chi connectivity index (χ4v) is 3.00. The van der Waals surface area contributed by atoms with Crippen molar-refractivity contribution in [2.45, 2.75) is 0 Å². The Kier molecular flexibility index (Phi) is 5.53. The maximum atomic E-state index is 13.8. The topological polar surface area (TPSA) is 81.4 Å². The summed E-state index contributed by atoms with van der Waals surface area (Å²) in [5.41, 5.74) is 0.916. The highest BCUT2D eigenvalue weighted by Crippen LogP contribution is 2.20. The molecule has 0 atom stereocenters. The summed E-state index contributed by atoms with van der Waals surface area (Å²) in [5, 5.41) is 15.0. The highest BCUT2D eigenvalue weighted by atomic mass is 35.5. The Morgan fingerprint density at radius 3 is 2.63 bits per heavy atom. The summed E-state index contributed by atoms with van der Waals surface area (Å²) >= 11 is 5.87. The zero-order valence-corrected chi connectivity index (χ0v) is 16.1. The minimum absolute atomic E-state index is 0.0291. The van der Waals surface area contributed by atoms with Crippen LogP contribution in [0.4, 0.5) is 8.78 Å². The molecule has 0 unspecified atom stereocenters. The third-order valence-electron chi connectivity index (χ3n) is 4.17. The van der Waals surface area contributed by atoms with E-state index in [1.54, 1.807) is 24.3 Å². The van der Waals surface area contributed by atoms with Crippen molar-refractivity contribution in [3.63, 3.8) is 0 Å². The lowest BCUT2D eigenvalue weighted by Crippen LogP contribution is -2.29. The van der Waals surface area contributed by atoms with Crippen LogP contribution in [0.1, 0.15) is 10.4 Å². The van der Waals surface area contributed by atoms with Crippen molar-refractivity contribution in [2.75, 3.05) is 13.2 Å². The minimum Gasteiger partial charge on any atom is -0.475 e. The Morgan fingerprint density at radius 2 is 1.87 bits per heavy atom. The zero-order valence-electron chi connectivity index (χ0n) is 15.3. The third-order valence-corrected chi connectivity index (χ3v) is 4.48. The molecule has 0 bridgehead atoms. The van der Waals surface area contributed by atoms with E-state index in [2.05, 4.69) is 20.6 Å². The predicted molar refractivity (Wildman–Crippen MR) is 105 cm³/mol. The lowest BCUT2D eigenvalue weighted by atomic mass is 10.2. The molecule has 10 heteroatoms. The van der Waals surface area contributed by atoms with Gasteiger partial charge in [0.25, 0.3) is 5.91 Å². The molecule has 0 fully saturated rings. The number of nitrogens with one attached hydrogen (secondary N) is 1. The summed E-state index contributed by atoms with van der Waals surface area (Å²) in [6.45, 7) is 0.195. The SMILES string of the molecule is O=C(NCCOc1ccc2nnc(-c3ccc(F)cc3)n2n1)c1c(F)cccc1Cl. The van der Waals surface area contributed by atoms with Gasteiger partial charge in [0.1, 0.15) is 18.2 Å². The van der Waals surface area contributed by atoms with Crippen LogP contribution in [0.25, 0.3) is 17.0 Å². The molecule has 2 aromatic heterocycles. The molecular formula is C20H14ClF2N5O2. The molecule has 0 saturated carbocycles. The first-order chi connectivity index (χ1) is 14.5. The van der Waals surface area contributed by atoms with E-state index in [9.17, 15) is 13.6 Å². The molecular weight excluding hydrogens is 416 g/mol. The van der Waals surface area contributed by atoms with Gasteiger partial charge in [0, 0.05) is 11.6 Å². The molecule has 0 aliphatic rings. The van der Waals surface area contributed by atoms with E-state index in [1.807, 2.05) is 0 Å². The van der Waals surface area contributed by atoms with E-state index in [-0.39, 0.29) is 35.4 Å². The lowest BCUT2D eigenvalue weighted by molar-refractivity contribution is 0.0942. The molecule has 2 heterocycles. The molecule has 152 valence electrons. The first kappa shape index (κ1) is 19.7. The molecule has 2 aromatic carbocycles. The largest absolute Gasteiger partial charge is 0.475 e. The number of rotatable bonds is 6. The van der Waals surface area contributed by atoms with Gasteiger partial charge in [-0.2, -0.15) is 4.52 Å². The van der Waals surface area contributed by atoms with Crippen LogP contribution in [0.2, 0.25) is 5.02 Å². The number of halogens is 3. The first-order valence-electron chi connectivity index (χ1n) is 8.86. The van der Waals surface area contributed by atoms with Crippen LogP contribution in [0, 0.1) is 11.6 Å². The number of carbonyl (C=O) groups is 1. The van der Waals surface area contributed by atoms with E-state index in [4.69, 9.17) is 16.3 Å². The Balaban J connectivity index is 1.41. The maximum Gasteiger partial charge on any atom is 0.255 e. The number of hydrogen-bond acceptors (Lipinski definition) is 5. The summed E-state index contributed by atoms with van der Waals surface area (Å²) in [6.07, 6.45) is 0. The van der Waals surface area contributed by atoms with Crippen molar-refractivity contribution >= 4 is 23.2 Å². The molecule has 4 aromatic rings. The minimum atomic E-state index is -0.700. The maximum absolute atomic E-state index is 13.8. The van der Waals surface area contributed by atoms with Crippen LogP contribution in [0.3, 0.4) is 0 Å². The molecule has 0 radical (unpaired) electrons. The second-order valence-electron chi connectivity index (χ2n) is 6.17. The second-order valence-corrected chi connectivity index (χ2v) is 6.58. The molecule has 7 nitrogen and oxygen atoms in total. The van der Waals surface area contributed by atoms with Crippen molar-refractivity contribution in [1.29, 1.82) is 0 Å². The van der Waals surface area contributed by atoms with Crippen molar-refractivity contribution in [1.82, 2.24) is 25.1 Å². The third kappa shape index (κ3) is 4.06. The van der Waals surface area contributed by atoms with Crippen molar-refractivity contribution < 1.29 is 18.3 Å². The molecule has 0 aliphatic carbocycles. The standard InChI is InChI=1S/C20H14ClF2N5O2/c21-14-2-1-3-15(23)18(14)20(29)24-10-11-30-17-9-8-16-25-26-19(28(16)27-17)12-4-6-13(22)7-5-12/h1-9H,10-11H2,(H,24,29). The summed E-state index contributed by atoms with van der Waals surface area (Å²) in [5.74, 6) is -0.999. The van der Waals surface area contributed by atoms with Gasteiger partial charge in [-0.3, -0.25) is 4.79 Å². The quantitative estimate of drug-likeness (QED) is 0.474. The van der Waals surface area contributed by atoms with Crippen LogP contribution < -0.4 is 10.1 Å². The van der Waals surface area contributed by atoms with Crippen LogP contribution >= 0.6 is 11.6 Å². The monoisotopic (exact) mass is 429 g/mol. The van der Waals surface area contributed by atoms with Gasteiger partial charge in [-0.25, -0.2) is 8.78 Å². The Hall–Kier alpha value is -3.59. The number of nitrogens with zero attached hydrogens (tertiary/aromatic N) is 4. The van der Waals surface area contributed by atoms with Gasteiger partial charge in [-0.1, -0.05) is 17.7 Å². The number of benzene rings is 2. The lowest BCUT2D eigenvalue weighted by Gasteiger charge is -2.09. The summed E-state index contributed by atoms with van der Waals surface area (Å²) in [4.78, 5) is 12.1. The Bertz CT molecular complexity index is 1190. The van der Waals surface area contributed by atoms with E-state index in [0.29, 0.717) is 17.0 Å². The van der Waals surface area contributed by atoms with Gasteiger partial charge < -0.3 is 10.1 Å². The first-order valence-corrected chi connectivity index (χ1v) is 9.24. The predicted octanol–water partition coefficient (Wildman–Crippen LogP) is 3.53. The van der Waals surface area contributed by atoms with E-state index >= 15 is 0 Å². The summed E-state index contributed by atoms with van der Waals surface area (Å²) in [7, 11) is 0. The molecule has 0 spiro atoms. The van der Waals surface area contributed by atoms with Gasteiger partial charge in [0.2, 0.25) is 5.88 Å². The van der Waals surface area contributed by atoms with Crippen LogP contribution in [-0.4, -0.2) is 38.9 Å². The molecule has 4 rings (SSSR count). The Labute approximate surface area is 174 Å². The number of amides is 1. The number of fused-ring (bicyclic) bond motifs is 1. The highest BCUT2D eigenvalue weighted by Gasteiger charge is 2.15. The zero-order chi connectivity index (χ0) is 21.1. The van der Waals surface area contributed by atoms with Crippen molar-refractivity contribution in [2.24, 2.45) is 0 Å². The molecule has 1 N–H and O–H groups in total. The van der Waals surface area contributed by atoms with Crippen LogP contribution in [0.5, 0.6) is 5.88 Å². The van der Waals surface area contributed by atoms with E-state index < -0.39 is 11.7 Å². The molecule has 0 aliphatic heterocycles. The van der Waals surface area contributed by atoms with Crippen LogP contribution in [-0.2, 0) is 0 Å². The fourth-order valence-electron chi connectivity index (χ4n) is 2.75. The molecule has 30 heavy (non-hydrogen) atoms. The number of carbonyl (C=O) groups excluding carboxylic acids is 1. The smallest absolute Gasteiger partial charge is 0.255 e. The number of hydrogen-bond donors (Lipinski definition) is 1. The van der Waals surface area contributed by atoms with Crippen molar-refractivity contribution in [3.8, 4) is 17.3 Å². The van der Waals surface area contributed by atoms with Gasteiger partial charge in [0.15, 0.2) is 11.5 Å². The normalized spacial score (nSPS) is 10.9. The fraction of sp³-hybridized carbons (Fsp3) is 0.100. The average Bonchev–Trinajstić information content (AvgIpc) is 3.15. The van der Waals surface area contributed by atoms with Gasteiger partial charge >= 0.3 is 0 Å². The Morgan fingerprint density at radius 1 is 1.07 bits per heavy atom. The van der Waals surface area contributed by atoms with Gasteiger partial charge in [-0.05, 0) is 42.5 Å². The van der Waals surface area contributed by atoms with E-state index in [0.717, 1.165) is 6.07 Å². The molecule has 1 amide bonds. The van der Waals surface area contributed by atoms with Crippen LogP contribution in [0.15, 0.2) is 54.6 Å². The summed E-state index contributed by atoms with van der Waals surface area (Å²) < 4.78 is 33.9. The summed E-state index contributed by atoms with van der Waals surface area (Å²) in [6, 6.07) is 13.1. The van der Waals surface area contributed by atoms with Gasteiger partial charge in [0.05, 0.1) is 17.1 Å². The van der Waals surface area contributed by atoms with Gasteiger partial charge in [-0.15, -0.1) is 15.3 Å². The van der Waals surface area contributed by atoms with Crippen molar-refractivity contribution in [3.05, 3.63) is 76.8 Å². The number of aromatic nitrogens is 4. The second kappa shape index (κ2) is 8.42. The number of ether oxygens (including phenoxy) is 1. The van der Waals surface area contributed by atoms with E-state index in [1.165, 1.54) is 28.8 Å². The molecule has 0 saturated heterocycles. The average molecular weight is 430 g/mol. The highest BCUT2D eigenvalue weighted by molar-refractivity contribution is 6.33.